The maximum atomic E-state index is 6.23. The van der Waals surface area contributed by atoms with Crippen LogP contribution in [0.2, 0.25) is 0 Å². The lowest BCUT2D eigenvalue weighted by Crippen LogP contribution is -2.28. The van der Waals surface area contributed by atoms with Gasteiger partial charge in [0.25, 0.3) is 0 Å². The molecule has 18 heavy (non-hydrogen) atoms. The molecule has 0 spiro atoms. The van der Waals surface area contributed by atoms with Crippen LogP contribution in [0.5, 0.6) is 5.75 Å². The summed E-state index contributed by atoms with van der Waals surface area (Å²) in [6, 6.07) is 6.43. The normalized spacial score (nSPS) is 22.3. The third kappa shape index (κ3) is 2.33. The fraction of sp³-hybridized carbons (Fsp3) is 0.625. The molecule has 2 heteroatoms. The van der Waals surface area contributed by atoms with Gasteiger partial charge in [0.2, 0.25) is 0 Å². The first-order valence-corrected chi connectivity index (χ1v) is 7.16. The van der Waals surface area contributed by atoms with E-state index in [4.69, 9.17) is 4.74 Å². The zero-order valence-electron chi connectivity index (χ0n) is 11.5. The van der Waals surface area contributed by atoms with Crippen LogP contribution in [0.3, 0.4) is 0 Å². The molecule has 1 aliphatic carbocycles. The van der Waals surface area contributed by atoms with Crippen LogP contribution in [-0.4, -0.2) is 12.6 Å². The van der Waals surface area contributed by atoms with Gasteiger partial charge >= 0.3 is 0 Å². The second-order valence-electron chi connectivity index (χ2n) is 6.45. The summed E-state index contributed by atoms with van der Waals surface area (Å²) in [6.07, 6.45) is 6.48. The lowest BCUT2D eigenvalue weighted by atomic mass is 9.76. The lowest BCUT2D eigenvalue weighted by molar-refractivity contribution is 0.0993. The predicted molar refractivity (Wildman–Crippen MR) is 75.3 cm³/mol. The van der Waals surface area contributed by atoms with E-state index in [0.29, 0.717) is 11.5 Å². The van der Waals surface area contributed by atoms with Crippen molar-refractivity contribution in [3.8, 4) is 5.75 Å². The Hall–Kier alpha value is -1.18. The quantitative estimate of drug-likeness (QED) is 0.850. The number of rotatable bonds is 2. The molecule has 98 valence electrons. The Labute approximate surface area is 110 Å². The van der Waals surface area contributed by atoms with Crippen molar-refractivity contribution >= 4 is 5.69 Å². The Morgan fingerprint density at radius 1 is 1.22 bits per heavy atom. The second kappa shape index (κ2) is 4.49. The van der Waals surface area contributed by atoms with E-state index in [1.165, 1.54) is 36.9 Å². The summed E-state index contributed by atoms with van der Waals surface area (Å²) in [4.78, 5) is 0. The van der Waals surface area contributed by atoms with E-state index in [9.17, 15) is 0 Å². The molecule has 1 fully saturated rings. The van der Waals surface area contributed by atoms with E-state index in [2.05, 4.69) is 37.4 Å². The van der Waals surface area contributed by atoms with Gasteiger partial charge in [-0.2, -0.15) is 0 Å². The average Bonchev–Trinajstić information content (AvgIpc) is 2.81. The van der Waals surface area contributed by atoms with Crippen LogP contribution in [0.25, 0.3) is 0 Å². The zero-order valence-corrected chi connectivity index (χ0v) is 11.5. The van der Waals surface area contributed by atoms with Crippen LogP contribution in [0, 0.1) is 5.41 Å². The van der Waals surface area contributed by atoms with Crippen molar-refractivity contribution in [3.63, 3.8) is 0 Å². The molecule has 0 bridgehead atoms. The maximum Gasteiger partial charge on any atom is 0.143 e. The van der Waals surface area contributed by atoms with Crippen LogP contribution in [0.15, 0.2) is 18.2 Å². The smallest absolute Gasteiger partial charge is 0.143 e. The molecule has 1 heterocycles. The SMILES string of the molecule is CC1(C)CCC(Oc2cccc3c2NCC3)CC1. The van der Waals surface area contributed by atoms with Crippen molar-refractivity contribution in [3.05, 3.63) is 23.8 Å². The Bertz CT molecular complexity index is 429. The topological polar surface area (TPSA) is 21.3 Å². The van der Waals surface area contributed by atoms with Gasteiger partial charge in [-0.05, 0) is 49.1 Å². The molecule has 1 saturated carbocycles. The van der Waals surface area contributed by atoms with Gasteiger partial charge in [0.1, 0.15) is 5.75 Å². The third-order valence-electron chi connectivity index (χ3n) is 4.39. The van der Waals surface area contributed by atoms with Crippen molar-refractivity contribution in [2.45, 2.75) is 52.1 Å². The minimum Gasteiger partial charge on any atom is -0.488 e. The van der Waals surface area contributed by atoms with Gasteiger partial charge in [0.05, 0.1) is 11.8 Å². The summed E-state index contributed by atoms with van der Waals surface area (Å²) >= 11 is 0. The van der Waals surface area contributed by atoms with Gasteiger partial charge in [-0.25, -0.2) is 0 Å². The number of benzene rings is 1. The predicted octanol–water partition coefficient (Wildman–Crippen LogP) is 4.00. The summed E-state index contributed by atoms with van der Waals surface area (Å²) in [6.45, 7) is 5.78. The molecule has 0 atom stereocenters. The standard InChI is InChI=1S/C16H23NO/c1-16(2)9-6-13(7-10-16)18-14-5-3-4-12-8-11-17-15(12)14/h3-5,13,17H,6-11H2,1-2H3. The molecule has 0 saturated heterocycles. The highest BCUT2D eigenvalue weighted by molar-refractivity contribution is 5.65. The van der Waals surface area contributed by atoms with Gasteiger partial charge < -0.3 is 10.1 Å². The van der Waals surface area contributed by atoms with Gasteiger partial charge in [0.15, 0.2) is 0 Å². The first-order chi connectivity index (χ1) is 8.64. The van der Waals surface area contributed by atoms with Gasteiger partial charge in [-0.3, -0.25) is 0 Å². The molecule has 2 aliphatic rings. The fourth-order valence-corrected chi connectivity index (χ4v) is 3.08. The minimum atomic E-state index is 0.409. The lowest BCUT2D eigenvalue weighted by Gasteiger charge is -2.34. The zero-order chi connectivity index (χ0) is 12.6. The maximum absolute atomic E-state index is 6.23. The van der Waals surface area contributed by atoms with Crippen LogP contribution in [0.4, 0.5) is 5.69 Å². The van der Waals surface area contributed by atoms with E-state index >= 15 is 0 Å². The van der Waals surface area contributed by atoms with Crippen LogP contribution < -0.4 is 10.1 Å². The number of hydrogen-bond donors (Lipinski definition) is 1. The second-order valence-corrected chi connectivity index (χ2v) is 6.45. The van der Waals surface area contributed by atoms with Crippen molar-refractivity contribution in [1.82, 2.24) is 0 Å². The van der Waals surface area contributed by atoms with E-state index in [0.717, 1.165) is 18.7 Å². The summed E-state index contributed by atoms with van der Waals surface area (Å²) < 4.78 is 6.23. The molecule has 1 aromatic carbocycles. The Balaban J connectivity index is 1.69. The first kappa shape index (κ1) is 11.9. The highest BCUT2D eigenvalue weighted by Gasteiger charge is 2.28. The third-order valence-corrected chi connectivity index (χ3v) is 4.39. The van der Waals surface area contributed by atoms with Crippen LogP contribution in [-0.2, 0) is 6.42 Å². The van der Waals surface area contributed by atoms with Gasteiger partial charge in [-0.1, -0.05) is 26.0 Å². The first-order valence-electron chi connectivity index (χ1n) is 7.16. The molecule has 0 amide bonds. The molecule has 2 nitrogen and oxygen atoms in total. The Morgan fingerprint density at radius 2 is 2.00 bits per heavy atom. The largest absolute Gasteiger partial charge is 0.488 e. The molecule has 0 aromatic heterocycles. The summed E-state index contributed by atoms with van der Waals surface area (Å²) in [5.41, 5.74) is 3.16. The fourth-order valence-electron chi connectivity index (χ4n) is 3.08. The number of para-hydroxylation sites is 1. The number of ether oxygens (including phenoxy) is 1. The molecule has 1 aliphatic heterocycles. The number of nitrogens with one attached hydrogen (secondary N) is 1. The van der Waals surface area contributed by atoms with E-state index in [1.807, 2.05) is 0 Å². The highest BCUT2D eigenvalue weighted by atomic mass is 16.5. The molecule has 0 unspecified atom stereocenters. The molecule has 1 N–H and O–H groups in total. The van der Waals surface area contributed by atoms with Crippen molar-refractivity contribution in [2.75, 3.05) is 11.9 Å². The molecule has 0 radical (unpaired) electrons. The van der Waals surface area contributed by atoms with Crippen LogP contribution in [0.1, 0.15) is 45.1 Å². The average molecular weight is 245 g/mol. The molecular formula is C16H23NO. The summed E-state index contributed by atoms with van der Waals surface area (Å²) in [7, 11) is 0. The van der Waals surface area contributed by atoms with E-state index in [1.54, 1.807) is 0 Å². The van der Waals surface area contributed by atoms with Crippen LogP contribution >= 0.6 is 0 Å². The highest BCUT2D eigenvalue weighted by Crippen LogP contribution is 2.39. The Morgan fingerprint density at radius 3 is 2.78 bits per heavy atom. The Kier molecular flexibility index (Phi) is 2.96. The van der Waals surface area contributed by atoms with E-state index < -0.39 is 0 Å². The minimum absolute atomic E-state index is 0.409. The van der Waals surface area contributed by atoms with Gasteiger partial charge in [-0.15, -0.1) is 0 Å². The van der Waals surface area contributed by atoms with Gasteiger partial charge in [0, 0.05) is 6.54 Å². The molecule has 3 rings (SSSR count). The number of hydrogen-bond acceptors (Lipinski definition) is 2. The summed E-state index contributed by atoms with van der Waals surface area (Å²) in [5.74, 6) is 1.06. The number of anilines is 1. The van der Waals surface area contributed by atoms with E-state index in [-0.39, 0.29) is 0 Å². The monoisotopic (exact) mass is 245 g/mol. The van der Waals surface area contributed by atoms with Crippen molar-refractivity contribution in [2.24, 2.45) is 5.41 Å². The van der Waals surface area contributed by atoms with Crippen molar-refractivity contribution in [1.29, 1.82) is 0 Å². The molecule has 1 aromatic rings. The van der Waals surface area contributed by atoms with Crippen molar-refractivity contribution < 1.29 is 4.74 Å². The molecular weight excluding hydrogens is 222 g/mol. The number of fused-ring (bicyclic) bond motifs is 1. The summed E-state index contributed by atoms with van der Waals surface area (Å²) in [5, 5.41) is 3.45.